The summed E-state index contributed by atoms with van der Waals surface area (Å²) >= 11 is 3.34. The normalized spacial score (nSPS) is 16.8. The number of rotatable bonds is 4. The maximum atomic E-state index is 12.4. The second kappa shape index (κ2) is 7.02. The van der Waals surface area contributed by atoms with Crippen LogP contribution in [-0.2, 0) is 9.59 Å². The van der Waals surface area contributed by atoms with Crippen LogP contribution >= 0.6 is 15.9 Å². The molecule has 0 aromatic heterocycles. The number of hydrogen-bond acceptors (Lipinski definition) is 4. The Morgan fingerprint density at radius 2 is 1.96 bits per heavy atom. The Balaban J connectivity index is 1.69. The number of nitrogens with zero attached hydrogens (tertiary/aromatic N) is 2. The summed E-state index contributed by atoms with van der Waals surface area (Å²) in [6.45, 7) is 0.279. The Kier molecular flexibility index (Phi) is 4.80. The molecular weight excluding hydrogens is 390 g/mol. The molecular formula is C17H14BrN3O4. The first-order chi connectivity index (χ1) is 11.9. The van der Waals surface area contributed by atoms with Gasteiger partial charge < -0.3 is 10.2 Å². The van der Waals surface area contributed by atoms with Crippen molar-refractivity contribution in [3.8, 4) is 0 Å². The lowest BCUT2D eigenvalue weighted by molar-refractivity contribution is -0.384. The molecule has 0 aliphatic carbocycles. The van der Waals surface area contributed by atoms with E-state index in [1.807, 2.05) is 24.3 Å². The van der Waals surface area contributed by atoms with Crippen LogP contribution in [0.4, 0.5) is 17.1 Å². The van der Waals surface area contributed by atoms with Crippen molar-refractivity contribution >= 4 is 44.8 Å². The number of anilines is 2. The van der Waals surface area contributed by atoms with E-state index in [4.69, 9.17) is 0 Å². The van der Waals surface area contributed by atoms with E-state index in [2.05, 4.69) is 21.2 Å². The zero-order valence-electron chi connectivity index (χ0n) is 13.0. The molecule has 1 aliphatic heterocycles. The van der Waals surface area contributed by atoms with Crippen LogP contribution in [-0.4, -0.2) is 23.3 Å². The molecule has 8 heteroatoms. The third-order valence-electron chi connectivity index (χ3n) is 3.96. The third kappa shape index (κ3) is 3.85. The van der Waals surface area contributed by atoms with Crippen LogP contribution < -0.4 is 10.2 Å². The van der Waals surface area contributed by atoms with Gasteiger partial charge in [-0.15, -0.1) is 0 Å². The predicted molar refractivity (Wildman–Crippen MR) is 96.3 cm³/mol. The predicted octanol–water partition coefficient (Wildman–Crippen LogP) is 3.35. The van der Waals surface area contributed by atoms with Crippen molar-refractivity contribution in [1.29, 1.82) is 0 Å². The number of carbonyl (C=O) groups excluding carboxylic acids is 2. The van der Waals surface area contributed by atoms with Gasteiger partial charge in [0.1, 0.15) is 0 Å². The van der Waals surface area contributed by atoms with Crippen molar-refractivity contribution in [1.82, 2.24) is 0 Å². The number of nitrogens with one attached hydrogen (secondary N) is 1. The highest BCUT2D eigenvalue weighted by Gasteiger charge is 2.35. The number of halogens is 1. The molecule has 2 aromatic carbocycles. The smallest absolute Gasteiger partial charge is 0.271 e. The first-order valence-corrected chi connectivity index (χ1v) is 8.34. The molecule has 2 aromatic rings. The van der Waals surface area contributed by atoms with Crippen LogP contribution in [0, 0.1) is 16.0 Å². The van der Waals surface area contributed by atoms with Crippen molar-refractivity contribution in [3.05, 3.63) is 63.1 Å². The van der Waals surface area contributed by atoms with Gasteiger partial charge in [-0.05, 0) is 30.3 Å². The Hall–Kier alpha value is -2.74. The zero-order chi connectivity index (χ0) is 18.0. The molecule has 0 bridgehead atoms. The molecule has 0 spiro atoms. The molecule has 25 heavy (non-hydrogen) atoms. The largest absolute Gasteiger partial charge is 0.326 e. The van der Waals surface area contributed by atoms with Crippen LogP contribution in [0.1, 0.15) is 6.42 Å². The van der Waals surface area contributed by atoms with Gasteiger partial charge in [-0.1, -0.05) is 22.0 Å². The van der Waals surface area contributed by atoms with Gasteiger partial charge in [0.25, 0.3) is 5.69 Å². The van der Waals surface area contributed by atoms with Gasteiger partial charge in [0, 0.05) is 40.9 Å². The van der Waals surface area contributed by atoms with Crippen molar-refractivity contribution in [2.75, 3.05) is 16.8 Å². The van der Waals surface area contributed by atoms with E-state index in [1.165, 1.54) is 18.2 Å². The van der Waals surface area contributed by atoms with Crippen LogP contribution in [0.2, 0.25) is 0 Å². The van der Waals surface area contributed by atoms with Gasteiger partial charge in [0.2, 0.25) is 11.8 Å². The molecule has 0 saturated carbocycles. The molecule has 2 amide bonds. The standard InChI is InChI=1S/C17H14BrN3O4/c18-12-4-6-14(7-5-12)20-10-11(8-16(20)22)17(23)19-13-2-1-3-15(9-13)21(24)25/h1-7,9,11H,8,10H2,(H,19,23)/t11-/m0/s1. The maximum Gasteiger partial charge on any atom is 0.271 e. The molecule has 0 unspecified atom stereocenters. The lowest BCUT2D eigenvalue weighted by atomic mass is 10.1. The molecule has 3 rings (SSSR count). The van der Waals surface area contributed by atoms with Gasteiger partial charge in [-0.25, -0.2) is 0 Å². The summed E-state index contributed by atoms with van der Waals surface area (Å²) < 4.78 is 0.905. The molecule has 1 heterocycles. The highest BCUT2D eigenvalue weighted by atomic mass is 79.9. The fraction of sp³-hybridized carbons (Fsp3) is 0.176. The molecule has 7 nitrogen and oxygen atoms in total. The highest BCUT2D eigenvalue weighted by molar-refractivity contribution is 9.10. The first kappa shape index (κ1) is 17.1. The lowest BCUT2D eigenvalue weighted by Crippen LogP contribution is -2.28. The summed E-state index contributed by atoms with van der Waals surface area (Å²) in [5.41, 5.74) is 0.976. The number of amides is 2. The van der Waals surface area contributed by atoms with Gasteiger partial charge in [0.05, 0.1) is 10.8 Å². The summed E-state index contributed by atoms with van der Waals surface area (Å²) in [6, 6.07) is 13.0. The van der Waals surface area contributed by atoms with E-state index in [0.717, 1.165) is 10.2 Å². The minimum atomic E-state index is -0.524. The van der Waals surface area contributed by atoms with Crippen LogP contribution in [0.5, 0.6) is 0 Å². The van der Waals surface area contributed by atoms with Crippen molar-refractivity contribution in [2.45, 2.75) is 6.42 Å². The minimum Gasteiger partial charge on any atom is -0.326 e. The van der Waals surface area contributed by atoms with E-state index >= 15 is 0 Å². The number of benzene rings is 2. The van der Waals surface area contributed by atoms with E-state index in [0.29, 0.717) is 5.69 Å². The quantitative estimate of drug-likeness (QED) is 0.625. The minimum absolute atomic E-state index is 0.100. The summed E-state index contributed by atoms with van der Waals surface area (Å²) in [5, 5.41) is 13.5. The van der Waals surface area contributed by atoms with Crippen LogP contribution in [0.3, 0.4) is 0 Å². The molecule has 1 aliphatic rings. The molecule has 1 atom stereocenters. The molecule has 1 N–H and O–H groups in total. The molecule has 1 fully saturated rings. The summed E-state index contributed by atoms with van der Waals surface area (Å²) in [5.74, 6) is -0.953. The molecule has 0 radical (unpaired) electrons. The lowest BCUT2D eigenvalue weighted by Gasteiger charge is -2.16. The molecule has 128 valence electrons. The summed E-state index contributed by atoms with van der Waals surface area (Å²) in [7, 11) is 0. The van der Waals surface area contributed by atoms with Crippen molar-refractivity contribution in [2.24, 2.45) is 5.92 Å². The number of non-ortho nitro benzene ring substituents is 1. The summed E-state index contributed by atoms with van der Waals surface area (Å²) in [4.78, 5) is 36.5. The van der Waals surface area contributed by atoms with E-state index < -0.39 is 10.8 Å². The Bertz CT molecular complexity index is 838. The average molecular weight is 404 g/mol. The van der Waals surface area contributed by atoms with Crippen LogP contribution in [0.15, 0.2) is 53.0 Å². The van der Waals surface area contributed by atoms with Crippen molar-refractivity contribution < 1.29 is 14.5 Å². The third-order valence-corrected chi connectivity index (χ3v) is 4.49. The monoisotopic (exact) mass is 403 g/mol. The number of nitro groups is 1. The van der Waals surface area contributed by atoms with Gasteiger partial charge >= 0.3 is 0 Å². The number of carbonyl (C=O) groups is 2. The topological polar surface area (TPSA) is 92.5 Å². The van der Waals surface area contributed by atoms with Crippen molar-refractivity contribution in [3.63, 3.8) is 0 Å². The highest BCUT2D eigenvalue weighted by Crippen LogP contribution is 2.27. The first-order valence-electron chi connectivity index (χ1n) is 7.55. The Morgan fingerprint density at radius 3 is 2.64 bits per heavy atom. The second-order valence-electron chi connectivity index (χ2n) is 5.68. The van der Waals surface area contributed by atoms with Gasteiger partial charge in [-0.3, -0.25) is 19.7 Å². The van der Waals surface area contributed by atoms with Gasteiger partial charge in [-0.2, -0.15) is 0 Å². The average Bonchev–Trinajstić information content (AvgIpc) is 2.98. The number of hydrogen-bond donors (Lipinski definition) is 1. The fourth-order valence-electron chi connectivity index (χ4n) is 2.70. The molecule has 1 saturated heterocycles. The fourth-order valence-corrected chi connectivity index (χ4v) is 2.96. The van der Waals surface area contributed by atoms with E-state index in [-0.39, 0.29) is 30.5 Å². The van der Waals surface area contributed by atoms with Crippen LogP contribution in [0.25, 0.3) is 0 Å². The van der Waals surface area contributed by atoms with E-state index in [1.54, 1.807) is 11.0 Å². The Morgan fingerprint density at radius 1 is 1.24 bits per heavy atom. The SMILES string of the molecule is O=C(Nc1cccc([N+](=O)[O-])c1)[C@H]1CC(=O)N(c2ccc(Br)cc2)C1. The maximum absolute atomic E-state index is 12.4. The van der Waals surface area contributed by atoms with E-state index in [9.17, 15) is 19.7 Å². The zero-order valence-corrected chi connectivity index (χ0v) is 14.6. The van der Waals surface area contributed by atoms with Gasteiger partial charge in [0.15, 0.2) is 0 Å². The summed E-state index contributed by atoms with van der Waals surface area (Å²) in [6.07, 6.45) is 0.108. The Labute approximate surface area is 151 Å². The number of nitro benzene ring substituents is 1. The second-order valence-corrected chi connectivity index (χ2v) is 6.59.